The molecule has 3 nitrogen and oxygen atoms in total. The second-order valence-electron chi connectivity index (χ2n) is 5.26. The number of anilines is 1. The molecule has 1 aromatic carbocycles. The van der Waals surface area contributed by atoms with E-state index in [0.717, 1.165) is 32.4 Å². The van der Waals surface area contributed by atoms with Gasteiger partial charge in [0.15, 0.2) is 0 Å². The van der Waals surface area contributed by atoms with E-state index in [4.69, 9.17) is 0 Å². The van der Waals surface area contributed by atoms with Crippen LogP contribution in [0.5, 0.6) is 0 Å². The molecule has 0 aromatic heterocycles. The van der Waals surface area contributed by atoms with Crippen molar-refractivity contribution in [3.63, 3.8) is 0 Å². The van der Waals surface area contributed by atoms with Gasteiger partial charge in [-0.2, -0.15) is 0 Å². The SMILES string of the molecule is CCc1ccc(N2CCC(O)(CNC)CC2)cc1. The highest BCUT2D eigenvalue weighted by Gasteiger charge is 2.31. The third-order valence-electron chi connectivity index (χ3n) is 3.91. The molecule has 18 heavy (non-hydrogen) atoms. The summed E-state index contributed by atoms with van der Waals surface area (Å²) in [7, 11) is 1.90. The summed E-state index contributed by atoms with van der Waals surface area (Å²) >= 11 is 0. The van der Waals surface area contributed by atoms with Crippen LogP contribution in [0.2, 0.25) is 0 Å². The molecule has 0 saturated carbocycles. The first-order chi connectivity index (χ1) is 8.67. The van der Waals surface area contributed by atoms with Crippen LogP contribution in [0.25, 0.3) is 0 Å². The number of piperidine rings is 1. The number of nitrogens with zero attached hydrogens (tertiary/aromatic N) is 1. The van der Waals surface area contributed by atoms with Gasteiger partial charge in [-0.15, -0.1) is 0 Å². The molecule has 1 aliphatic heterocycles. The number of likely N-dealkylation sites (N-methyl/N-ethyl adjacent to an activating group) is 1. The molecule has 0 spiro atoms. The van der Waals surface area contributed by atoms with Crippen LogP contribution >= 0.6 is 0 Å². The molecule has 0 unspecified atom stereocenters. The Labute approximate surface area is 110 Å². The molecule has 2 rings (SSSR count). The summed E-state index contributed by atoms with van der Waals surface area (Å²) in [5, 5.41) is 13.4. The average Bonchev–Trinajstić information content (AvgIpc) is 2.40. The minimum absolute atomic E-state index is 0.519. The number of nitrogens with one attached hydrogen (secondary N) is 1. The smallest absolute Gasteiger partial charge is 0.0805 e. The van der Waals surface area contributed by atoms with Crippen molar-refractivity contribution in [1.82, 2.24) is 5.32 Å². The van der Waals surface area contributed by atoms with Gasteiger partial charge in [0.05, 0.1) is 5.60 Å². The summed E-state index contributed by atoms with van der Waals surface area (Å²) in [5.74, 6) is 0. The molecular formula is C15H24N2O. The Morgan fingerprint density at radius 3 is 2.33 bits per heavy atom. The van der Waals surface area contributed by atoms with Crippen LogP contribution in [-0.4, -0.2) is 37.4 Å². The van der Waals surface area contributed by atoms with E-state index in [-0.39, 0.29) is 0 Å². The van der Waals surface area contributed by atoms with E-state index < -0.39 is 5.60 Å². The Morgan fingerprint density at radius 2 is 1.83 bits per heavy atom. The molecule has 0 amide bonds. The fraction of sp³-hybridized carbons (Fsp3) is 0.600. The van der Waals surface area contributed by atoms with Crippen LogP contribution in [-0.2, 0) is 6.42 Å². The lowest BCUT2D eigenvalue weighted by molar-refractivity contribution is 0.0185. The highest BCUT2D eigenvalue weighted by molar-refractivity contribution is 5.48. The van der Waals surface area contributed by atoms with Gasteiger partial charge in [0.2, 0.25) is 0 Å². The van der Waals surface area contributed by atoms with Crippen molar-refractivity contribution < 1.29 is 5.11 Å². The van der Waals surface area contributed by atoms with Gasteiger partial charge in [-0.25, -0.2) is 0 Å². The Kier molecular flexibility index (Phi) is 4.25. The second-order valence-corrected chi connectivity index (χ2v) is 5.26. The van der Waals surface area contributed by atoms with Crippen molar-refractivity contribution >= 4 is 5.69 Å². The first kappa shape index (κ1) is 13.4. The summed E-state index contributed by atoms with van der Waals surface area (Å²) in [5.41, 5.74) is 2.13. The molecule has 0 atom stereocenters. The van der Waals surface area contributed by atoms with E-state index in [0.29, 0.717) is 6.54 Å². The van der Waals surface area contributed by atoms with Gasteiger partial charge in [-0.05, 0) is 44.0 Å². The van der Waals surface area contributed by atoms with Crippen molar-refractivity contribution in [1.29, 1.82) is 0 Å². The van der Waals surface area contributed by atoms with Gasteiger partial charge in [0.1, 0.15) is 0 Å². The summed E-state index contributed by atoms with van der Waals surface area (Å²) in [6.07, 6.45) is 2.76. The van der Waals surface area contributed by atoms with Crippen molar-refractivity contribution in [2.24, 2.45) is 0 Å². The second kappa shape index (κ2) is 5.72. The fourth-order valence-corrected chi connectivity index (χ4v) is 2.63. The van der Waals surface area contributed by atoms with E-state index in [1.54, 1.807) is 0 Å². The molecule has 2 N–H and O–H groups in total. The molecule has 0 aliphatic carbocycles. The fourth-order valence-electron chi connectivity index (χ4n) is 2.63. The topological polar surface area (TPSA) is 35.5 Å². The summed E-state index contributed by atoms with van der Waals surface area (Å²) in [6.45, 7) is 4.73. The first-order valence-corrected chi connectivity index (χ1v) is 6.88. The maximum Gasteiger partial charge on any atom is 0.0805 e. The lowest BCUT2D eigenvalue weighted by Crippen LogP contribution is -2.49. The van der Waals surface area contributed by atoms with Gasteiger partial charge in [0.25, 0.3) is 0 Å². The van der Waals surface area contributed by atoms with E-state index in [9.17, 15) is 5.11 Å². The van der Waals surface area contributed by atoms with Gasteiger partial charge < -0.3 is 15.3 Å². The minimum atomic E-state index is -0.519. The number of benzene rings is 1. The highest BCUT2D eigenvalue weighted by atomic mass is 16.3. The molecule has 1 fully saturated rings. The Hall–Kier alpha value is -1.06. The normalized spacial score (nSPS) is 18.9. The van der Waals surface area contributed by atoms with Crippen molar-refractivity contribution in [2.75, 3.05) is 31.6 Å². The summed E-state index contributed by atoms with van der Waals surface area (Å²) < 4.78 is 0. The molecule has 1 heterocycles. The van der Waals surface area contributed by atoms with Crippen LogP contribution in [0.3, 0.4) is 0 Å². The number of rotatable bonds is 4. The zero-order chi connectivity index (χ0) is 13.0. The quantitative estimate of drug-likeness (QED) is 0.853. The maximum absolute atomic E-state index is 10.3. The van der Waals surface area contributed by atoms with Crippen LogP contribution in [0.1, 0.15) is 25.3 Å². The van der Waals surface area contributed by atoms with Gasteiger partial charge in [-0.1, -0.05) is 19.1 Å². The Balaban J connectivity index is 1.96. The molecule has 0 bridgehead atoms. The van der Waals surface area contributed by atoms with Crippen LogP contribution in [0.4, 0.5) is 5.69 Å². The lowest BCUT2D eigenvalue weighted by Gasteiger charge is -2.39. The molecule has 1 aliphatic rings. The van der Waals surface area contributed by atoms with E-state index in [2.05, 4.69) is 41.4 Å². The van der Waals surface area contributed by atoms with E-state index >= 15 is 0 Å². The number of hydrogen-bond acceptors (Lipinski definition) is 3. The third kappa shape index (κ3) is 3.03. The number of hydrogen-bond donors (Lipinski definition) is 2. The van der Waals surface area contributed by atoms with Crippen molar-refractivity contribution in [3.05, 3.63) is 29.8 Å². The molecular weight excluding hydrogens is 224 g/mol. The Morgan fingerprint density at radius 1 is 1.22 bits per heavy atom. The molecule has 3 heteroatoms. The third-order valence-corrected chi connectivity index (χ3v) is 3.91. The predicted molar refractivity (Wildman–Crippen MR) is 76.1 cm³/mol. The van der Waals surface area contributed by atoms with Crippen LogP contribution < -0.4 is 10.2 Å². The molecule has 100 valence electrons. The number of aryl methyl sites for hydroxylation is 1. The Bertz CT molecular complexity index is 367. The van der Waals surface area contributed by atoms with E-state index in [1.807, 2.05) is 7.05 Å². The monoisotopic (exact) mass is 248 g/mol. The zero-order valence-corrected chi connectivity index (χ0v) is 11.4. The predicted octanol–water partition coefficient (Wildman–Crippen LogP) is 1.80. The lowest BCUT2D eigenvalue weighted by atomic mass is 9.91. The number of aliphatic hydroxyl groups is 1. The zero-order valence-electron chi connectivity index (χ0n) is 11.4. The van der Waals surface area contributed by atoms with Crippen molar-refractivity contribution in [3.8, 4) is 0 Å². The van der Waals surface area contributed by atoms with Crippen LogP contribution in [0.15, 0.2) is 24.3 Å². The maximum atomic E-state index is 10.3. The van der Waals surface area contributed by atoms with Gasteiger partial charge in [-0.3, -0.25) is 0 Å². The molecule has 1 aromatic rings. The summed E-state index contributed by atoms with van der Waals surface area (Å²) in [4.78, 5) is 2.36. The first-order valence-electron chi connectivity index (χ1n) is 6.88. The van der Waals surface area contributed by atoms with E-state index in [1.165, 1.54) is 11.3 Å². The minimum Gasteiger partial charge on any atom is -0.388 e. The highest BCUT2D eigenvalue weighted by Crippen LogP contribution is 2.26. The average molecular weight is 248 g/mol. The van der Waals surface area contributed by atoms with Gasteiger partial charge >= 0.3 is 0 Å². The molecule has 1 saturated heterocycles. The largest absolute Gasteiger partial charge is 0.388 e. The molecule has 0 radical (unpaired) electrons. The van der Waals surface area contributed by atoms with Crippen LogP contribution in [0, 0.1) is 0 Å². The van der Waals surface area contributed by atoms with Crippen molar-refractivity contribution in [2.45, 2.75) is 31.8 Å². The van der Waals surface area contributed by atoms with Gasteiger partial charge in [0, 0.05) is 25.3 Å². The summed E-state index contributed by atoms with van der Waals surface area (Å²) in [6, 6.07) is 8.79. The standard InChI is InChI=1S/C15H24N2O/c1-3-13-4-6-14(7-5-13)17-10-8-15(18,9-11-17)12-16-2/h4-7,16,18H,3,8-12H2,1-2H3.